The smallest absolute Gasteiger partial charge is 0.125 e. The van der Waals surface area contributed by atoms with Gasteiger partial charge >= 0.3 is 0 Å². The highest BCUT2D eigenvalue weighted by atomic mass is 15.2. The van der Waals surface area contributed by atoms with E-state index >= 15 is 0 Å². The average molecular weight is 336 g/mol. The molecule has 0 unspecified atom stereocenters. The van der Waals surface area contributed by atoms with Crippen molar-refractivity contribution in [3.63, 3.8) is 0 Å². The van der Waals surface area contributed by atoms with Gasteiger partial charge in [-0.1, -0.05) is 54.6 Å². The third-order valence-corrected chi connectivity index (χ3v) is 5.30. The summed E-state index contributed by atoms with van der Waals surface area (Å²) in [6.45, 7) is 4.40. The summed E-state index contributed by atoms with van der Waals surface area (Å²) in [4.78, 5) is 0. The predicted octanol–water partition coefficient (Wildman–Crippen LogP) is 6.19. The number of aryl methyl sites for hydroxylation is 1. The Labute approximate surface area is 152 Å². The van der Waals surface area contributed by atoms with Crippen LogP contribution in [0.2, 0.25) is 0 Å². The van der Waals surface area contributed by atoms with Crippen molar-refractivity contribution in [2.75, 3.05) is 0 Å². The maximum absolute atomic E-state index is 2.40. The molecule has 0 aliphatic carbocycles. The Hall–Kier alpha value is -3.26. The molecule has 5 rings (SSSR count). The van der Waals surface area contributed by atoms with Crippen LogP contribution < -0.4 is 0 Å². The standard InChI is InChI=1S/C24H20N2/c1-17-16-25(19-10-4-3-5-11-19)24(18(17)2)26-22-14-8-6-12-20(22)21-13-7-9-15-23(21)26/h3-16H,1-2H3. The van der Waals surface area contributed by atoms with E-state index in [0.717, 1.165) is 0 Å². The van der Waals surface area contributed by atoms with Gasteiger partial charge in [0.25, 0.3) is 0 Å². The van der Waals surface area contributed by atoms with Gasteiger partial charge in [0.05, 0.1) is 11.0 Å². The van der Waals surface area contributed by atoms with Gasteiger partial charge in [-0.05, 0) is 49.2 Å². The monoisotopic (exact) mass is 336 g/mol. The molecule has 0 spiro atoms. The van der Waals surface area contributed by atoms with Crippen molar-refractivity contribution in [3.8, 4) is 11.5 Å². The molecule has 0 radical (unpaired) electrons. The Bertz CT molecular complexity index is 1190. The lowest BCUT2D eigenvalue weighted by Gasteiger charge is -2.14. The van der Waals surface area contributed by atoms with Crippen LogP contribution in [0, 0.1) is 13.8 Å². The molecular weight excluding hydrogens is 316 g/mol. The number of fused-ring (bicyclic) bond motifs is 3. The highest BCUT2D eigenvalue weighted by Crippen LogP contribution is 2.35. The van der Waals surface area contributed by atoms with Crippen molar-refractivity contribution in [1.82, 2.24) is 9.13 Å². The fraction of sp³-hybridized carbons (Fsp3) is 0.0833. The largest absolute Gasteiger partial charge is 0.302 e. The zero-order valence-corrected chi connectivity index (χ0v) is 15.0. The van der Waals surface area contributed by atoms with E-state index < -0.39 is 0 Å². The van der Waals surface area contributed by atoms with Gasteiger partial charge in [-0.2, -0.15) is 0 Å². The van der Waals surface area contributed by atoms with Crippen LogP contribution in [0.15, 0.2) is 85.1 Å². The third-order valence-electron chi connectivity index (χ3n) is 5.30. The Balaban J connectivity index is 1.95. The molecular formula is C24H20N2. The molecule has 2 aromatic heterocycles. The van der Waals surface area contributed by atoms with E-state index in [1.807, 2.05) is 0 Å². The average Bonchev–Trinajstić information content (AvgIpc) is 3.17. The van der Waals surface area contributed by atoms with Gasteiger partial charge < -0.3 is 4.57 Å². The van der Waals surface area contributed by atoms with Gasteiger partial charge in [0.2, 0.25) is 0 Å². The molecule has 126 valence electrons. The van der Waals surface area contributed by atoms with E-state index in [1.165, 1.54) is 44.4 Å². The van der Waals surface area contributed by atoms with E-state index in [-0.39, 0.29) is 0 Å². The Morgan fingerprint density at radius 2 is 1.15 bits per heavy atom. The van der Waals surface area contributed by atoms with Crippen molar-refractivity contribution in [3.05, 3.63) is 96.2 Å². The summed E-state index contributed by atoms with van der Waals surface area (Å²) in [5.74, 6) is 1.21. The summed E-state index contributed by atoms with van der Waals surface area (Å²) in [5, 5.41) is 2.59. The first kappa shape index (κ1) is 15.0. The summed E-state index contributed by atoms with van der Waals surface area (Å²) in [5.41, 5.74) is 6.27. The minimum Gasteiger partial charge on any atom is -0.302 e. The predicted molar refractivity (Wildman–Crippen MR) is 110 cm³/mol. The van der Waals surface area contributed by atoms with Crippen LogP contribution in [-0.4, -0.2) is 9.13 Å². The Morgan fingerprint density at radius 1 is 0.615 bits per heavy atom. The summed E-state index contributed by atoms with van der Waals surface area (Å²) < 4.78 is 4.71. The summed E-state index contributed by atoms with van der Waals surface area (Å²) in [7, 11) is 0. The number of aromatic nitrogens is 2. The van der Waals surface area contributed by atoms with Crippen LogP contribution in [0.3, 0.4) is 0 Å². The minimum atomic E-state index is 1.18. The Kier molecular flexibility index (Phi) is 3.26. The number of para-hydroxylation sites is 3. The molecule has 0 aliphatic rings. The number of nitrogens with zero attached hydrogens (tertiary/aromatic N) is 2. The van der Waals surface area contributed by atoms with Crippen molar-refractivity contribution in [2.24, 2.45) is 0 Å². The van der Waals surface area contributed by atoms with E-state index in [1.54, 1.807) is 0 Å². The van der Waals surface area contributed by atoms with E-state index in [0.29, 0.717) is 0 Å². The first-order valence-corrected chi connectivity index (χ1v) is 8.98. The van der Waals surface area contributed by atoms with Crippen molar-refractivity contribution in [2.45, 2.75) is 13.8 Å². The molecule has 26 heavy (non-hydrogen) atoms. The fourth-order valence-electron chi connectivity index (χ4n) is 3.92. The molecule has 0 bridgehead atoms. The lowest BCUT2D eigenvalue weighted by atomic mass is 10.2. The lowest BCUT2D eigenvalue weighted by Crippen LogP contribution is -2.04. The van der Waals surface area contributed by atoms with Crippen molar-refractivity contribution < 1.29 is 0 Å². The molecule has 5 aromatic rings. The summed E-state index contributed by atoms with van der Waals surface area (Å²) in [6.07, 6.45) is 2.24. The molecule has 2 nitrogen and oxygen atoms in total. The maximum atomic E-state index is 2.40. The van der Waals surface area contributed by atoms with E-state index in [4.69, 9.17) is 0 Å². The summed E-state index contributed by atoms with van der Waals surface area (Å²) in [6, 6.07) is 27.9. The number of benzene rings is 3. The van der Waals surface area contributed by atoms with Crippen LogP contribution in [0.5, 0.6) is 0 Å². The summed E-state index contributed by atoms with van der Waals surface area (Å²) >= 11 is 0. The normalized spacial score (nSPS) is 11.5. The van der Waals surface area contributed by atoms with Crippen LogP contribution in [-0.2, 0) is 0 Å². The molecule has 0 atom stereocenters. The second kappa shape index (κ2) is 5.63. The number of hydrogen-bond acceptors (Lipinski definition) is 0. The molecule has 0 saturated carbocycles. The molecule has 2 heterocycles. The molecule has 0 fully saturated rings. The highest BCUT2D eigenvalue weighted by molar-refractivity contribution is 6.09. The molecule has 3 aromatic carbocycles. The van der Waals surface area contributed by atoms with Gasteiger partial charge in [-0.3, -0.25) is 4.57 Å². The zero-order chi connectivity index (χ0) is 17.7. The highest BCUT2D eigenvalue weighted by Gasteiger charge is 2.18. The second-order valence-corrected chi connectivity index (χ2v) is 6.84. The lowest BCUT2D eigenvalue weighted by molar-refractivity contribution is 0.966. The molecule has 2 heteroatoms. The fourth-order valence-corrected chi connectivity index (χ4v) is 3.92. The van der Waals surface area contributed by atoms with Crippen LogP contribution in [0.1, 0.15) is 11.1 Å². The molecule has 0 N–H and O–H groups in total. The van der Waals surface area contributed by atoms with Crippen LogP contribution in [0.25, 0.3) is 33.3 Å². The Morgan fingerprint density at radius 3 is 1.77 bits per heavy atom. The van der Waals surface area contributed by atoms with Gasteiger partial charge in [0.1, 0.15) is 5.82 Å². The number of rotatable bonds is 2. The first-order valence-electron chi connectivity index (χ1n) is 8.98. The second-order valence-electron chi connectivity index (χ2n) is 6.84. The van der Waals surface area contributed by atoms with E-state index in [9.17, 15) is 0 Å². The quantitative estimate of drug-likeness (QED) is 0.364. The van der Waals surface area contributed by atoms with Crippen molar-refractivity contribution >= 4 is 21.8 Å². The van der Waals surface area contributed by atoms with Gasteiger partial charge in [0.15, 0.2) is 0 Å². The van der Waals surface area contributed by atoms with Crippen LogP contribution >= 0.6 is 0 Å². The van der Waals surface area contributed by atoms with Crippen LogP contribution in [0.4, 0.5) is 0 Å². The zero-order valence-electron chi connectivity index (χ0n) is 15.0. The molecule has 0 amide bonds. The number of hydrogen-bond donors (Lipinski definition) is 0. The SMILES string of the molecule is Cc1cn(-c2ccccc2)c(-n2c3ccccc3c3ccccc32)c1C. The maximum Gasteiger partial charge on any atom is 0.125 e. The van der Waals surface area contributed by atoms with Gasteiger partial charge in [0, 0.05) is 22.7 Å². The van der Waals surface area contributed by atoms with Gasteiger partial charge in [-0.15, -0.1) is 0 Å². The van der Waals surface area contributed by atoms with E-state index in [2.05, 4.69) is 108 Å². The van der Waals surface area contributed by atoms with Gasteiger partial charge in [-0.25, -0.2) is 0 Å². The topological polar surface area (TPSA) is 9.86 Å². The third kappa shape index (κ3) is 2.05. The van der Waals surface area contributed by atoms with Crippen molar-refractivity contribution in [1.29, 1.82) is 0 Å². The molecule has 0 saturated heterocycles. The first-order chi connectivity index (χ1) is 12.8. The minimum absolute atomic E-state index is 1.18. The molecule has 0 aliphatic heterocycles.